The molecule has 12 rings (SSSR count). The summed E-state index contributed by atoms with van der Waals surface area (Å²) in [5, 5.41) is 2.11. The lowest BCUT2D eigenvalue weighted by Gasteiger charge is -2.22. The molecule has 0 saturated carbocycles. The number of benzene rings is 9. The molecule has 0 spiro atoms. The Kier molecular flexibility index (Phi) is 8.80. The third kappa shape index (κ3) is 6.42. The van der Waals surface area contributed by atoms with E-state index >= 15 is 0 Å². The van der Waals surface area contributed by atoms with Crippen LogP contribution in [0.3, 0.4) is 0 Å². The zero-order valence-electron chi connectivity index (χ0n) is 35.5. The summed E-state index contributed by atoms with van der Waals surface area (Å²) in [6, 6.07) is 75.1. The fraction of sp³-hybridized carbons (Fsp3) is 0.0500. The van der Waals surface area contributed by atoms with E-state index in [1.54, 1.807) is 0 Å². The van der Waals surface area contributed by atoms with Gasteiger partial charge in [-0.25, -0.2) is 15.0 Å². The average molecular weight is 820 g/mol. The Morgan fingerprint density at radius 2 is 0.797 bits per heavy atom. The Labute approximate surface area is 372 Å². The van der Waals surface area contributed by atoms with Gasteiger partial charge in [0, 0.05) is 32.9 Å². The van der Waals surface area contributed by atoms with Crippen molar-refractivity contribution in [1.82, 2.24) is 15.0 Å². The van der Waals surface area contributed by atoms with Crippen molar-refractivity contribution in [2.24, 2.45) is 0 Å². The molecule has 2 heterocycles. The molecule has 0 unspecified atom stereocenters. The average Bonchev–Trinajstić information content (AvgIpc) is 3.85. The van der Waals surface area contributed by atoms with E-state index < -0.39 is 0 Å². The highest BCUT2D eigenvalue weighted by molar-refractivity contribution is 6.13. The molecule has 0 radical (unpaired) electrons. The fourth-order valence-corrected chi connectivity index (χ4v) is 9.66. The van der Waals surface area contributed by atoms with Gasteiger partial charge in [-0.1, -0.05) is 178 Å². The third-order valence-electron chi connectivity index (χ3n) is 12.9. The highest BCUT2D eigenvalue weighted by Crippen LogP contribution is 2.50. The minimum atomic E-state index is -0.0882. The van der Waals surface area contributed by atoms with Gasteiger partial charge in [-0.3, -0.25) is 0 Å². The molecule has 1 aliphatic carbocycles. The van der Waals surface area contributed by atoms with Crippen molar-refractivity contribution in [2.75, 3.05) is 0 Å². The van der Waals surface area contributed by atoms with E-state index in [1.807, 2.05) is 30.3 Å². The van der Waals surface area contributed by atoms with Gasteiger partial charge >= 0.3 is 0 Å². The number of rotatable bonds is 7. The molecule has 302 valence electrons. The molecule has 0 N–H and O–H groups in total. The Hall–Kier alpha value is -8.21. The number of aromatic nitrogens is 3. The fourth-order valence-electron chi connectivity index (χ4n) is 9.66. The molecule has 0 fully saturated rings. The smallest absolute Gasteiger partial charge is 0.164 e. The Bertz CT molecular complexity index is 3510. The normalized spacial score (nSPS) is 12.7. The molecule has 4 heteroatoms. The lowest BCUT2D eigenvalue weighted by atomic mass is 9.81. The topological polar surface area (TPSA) is 51.8 Å². The highest BCUT2D eigenvalue weighted by Gasteiger charge is 2.35. The summed E-state index contributed by atoms with van der Waals surface area (Å²) in [6.07, 6.45) is 0. The molecule has 0 atom stereocenters. The monoisotopic (exact) mass is 819 g/mol. The largest absolute Gasteiger partial charge is 0.456 e. The summed E-state index contributed by atoms with van der Waals surface area (Å²) >= 11 is 0. The molecular weight excluding hydrogens is 779 g/mol. The standard InChI is InChI=1S/C60H41N3O/c1-60(2)52-26-13-12-24-49(52)50-30-28-42(36-53(50)60)41-22-14-23-43(32-41)58-61-57(40-20-10-5-11-21-40)62-59(63-58)44-29-31-51-55(37-44)64-54-27-15-25-48(56(51)54)47-34-45(38-16-6-3-7-17-38)33-46(35-47)39-18-8-4-9-19-39/h3-37H,1-2H3. The van der Waals surface area contributed by atoms with E-state index in [1.165, 1.54) is 33.4 Å². The first-order valence-corrected chi connectivity index (χ1v) is 21.8. The molecular formula is C60H41N3O. The molecule has 4 nitrogen and oxygen atoms in total. The number of fused-ring (bicyclic) bond motifs is 6. The molecule has 64 heavy (non-hydrogen) atoms. The van der Waals surface area contributed by atoms with Crippen molar-refractivity contribution in [2.45, 2.75) is 19.3 Å². The molecule has 0 amide bonds. The van der Waals surface area contributed by atoms with Crippen LogP contribution in [-0.4, -0.2) is 15.0 Å². The van der Waals surface area contributed by atoms with E-state index in [4.69, 9.17) is 19.4 Å². The van der Waals surface area contributed by atoms with Crippen molar-refractivity contribution in [3.63, 3.8) is 0 Å². The van der Waals surface area contributed by atoms with E-state index in [0.29, 0.717) is 17.5 Å². The van der Waals surface area contributed by atoms with Crippen LogP contribution in [0.1, 0.15) is 25.0 Å². The van der Waals surface area contributed by atoms with Crippen LogP contribution in [0.2, 0.25) is 0 Å². The van der Waals surface area contributed by atoms with Gasteiger partial charge in [0.1, 0.15) is 11.2 Å². The lowest BCUT2D eigenvalue weighted by Crippen LogP contribution is -2.14. The van der Waals surface area contributed by atoms with Crippen molar-refractivity contribution < 1.29 is 4.42 Å². The van der Waals surface area contributed by atoms with Crippen LogP contribution in [-0.2, 0) is 5.41 Å². The summed E-state index contributed by atoms with van der Waals surface area (Å²) < 4.78 is 6.70. The molecule has 1 aliphatic rings. The predicted octanol–water partition coefficient (Wildman–Crippen LogP) is 15.7. The van der Waals surface area contributed by atoms with Crippen LogP contribution >= 0.6 is 0 Å². The van der Waals surface area contributed by atoms with Gasteiger partial charge in [-0.2, -0.15) is 0 Å². The minimum absolute atomic E-state index is 0.0882. The highest BCUT2D eigenvalue weighted by atomic mass is 16.3. The first kappa shape index (κ1) is 37.5. The van der Waals surface area contributed by atoms with Gasteiger partial charge in [0.2, 0.25) is 0 Å². The van der Waals surface area contributed by atoms with Crippen LogP contribution in [0.25, 0.3) is 112 Å². The van der Waals surface area contributed by atoms with Crippen molar-refractivity contribution in [3.8, 4) is 89.8 Å². The Balaban J connectivity index is 0.962. The minimum Gasteiger partial charge on any atom is -0.456 e. The van der Waals surface area contributed by atoms with Gasteiger partial charge in [0.05, 0.1) is 0 Å². The number of furan rings is 1. The summed E-state index contributed by atoms with van der Waals surface area (Å²) in [5.41, 5.74) is 18.7. The van der Waals surface area contributed by atoms with Crippen LogP contribution in [0.15, 0.2) is 217 Å². The molecule has 0 bridgehead atoms. The summed E-state index contributed by atoms with van der Waals surface area (Å²) in [7, 11) is 0. The predicted molar refractivity (Wildman–Crippen MR) is 263 cm³/mol. The third-order valence-corrected chi connectivity index (χ3v) is 12.9. The molecule has 11 aromatic rings. The first-order chi connectivity index (χ1) is 31.4. The maximum atomic E-state index is 6.70. The molecule has 2 aromatic heterocycles. The van der Waals surface area contributed by atoms with E-state index in [0.717, 1.165) is 72.0 Å². The van der Waals surface area contributed by atoms with Crippen LogP contribution in [0.5, 0.6) is 0 Å². The van der Waals surface area contributed by atoms with Crippen LogP contribution in [0, 0.1) is 0 Å². The second-order valence-corrected chi connectivity index (χ2v) is 17.2. The van der Waals surface area contributed by atoms with Crippen LogP contribution in [0.4, 0.5) is 0 Å². The van der Waals surface area contributed by atoms with Gasteiger partial charge in [0.25, 0.3) is 0 Å². The summed E-state index contributed by atoms with van der Waals surface area (Å²) in [6.45, 7) is 4.65. The van der Waals surface area contributed by atoms with E-state index in [2.05, 4.69) is 196 Å². The first-order valence-electron chi connectivity index (χ1n) is 21.8. The Morgan fingerprint density at radius 1 is 0.312 bits per heavy atom. The number of nitrogens with zero attached hydrogens (tertiary/aromatic N) is 3. The summed E-state index contributed by atoms with van der Waals surface area (Å²) in [4.78, 5) is 15.4. The van der Waals surface area contributed by atoms with Gasteiger partial charge in [0.15, 0.2) is 17.5 Å². The second kappa shape index (κ2) is 15.0. The maximum absolute atomic E-state index is 6.70. The SMILES string of the molecule is CC1(C)c2ccccc2-c2ccc(-c3cccc(-c4nc(-c5ccccc5)nc(-c5ccc6c(c5)oc5cccc(-c7cc(-c8ccccc8)cc(-c8ccccc8)c7)c56)n4)c3)cc21. The molecule has 0 aliphatic heterocycles. The van der Waals surface area contributed by atoms with Gasteiger partial charge in [-0.15, -0.1) is 0 Å². The second-order valence-electron chi connectivity index (χ2n) is 17.2. The van der Waals surface area contributed by atoms with E-state index in [-0.39, 0.29) is 5.41 Å². The van der Waals surface area contributed by atoms with Crippen LogP contribution < -0.4 is 0 Å². The lowest BCUT2D eigenvalue weighted by molar-refractivity contribution is 0.660. The van der Waals surface area contributed by atoms with E-state index in [9.17, 15) is 0 Å². The van der Waals surface area contributed by atoms with Gasteiger partial charge < -0.3 is 4.42 Å². The quantitative estimate of drug-likeness (QED) is 0.161. The molecule has 0 saturated heterocycles. The Morgan fingerprint density at radius 3 is 1.50 bits per heavy atom. The van der Waals surface area contributed by atoms with Crippen molar-refractivity contribution >= 4 is 21.9 Å². The zero-order valence-corrected chi connectivity index (χ0v) is 35.5. The molecule has 9 aromatic carbocycles. The number of hydrogen-bond acceptors (Lipinski definition) is 4. The van der Waals surface area contributed by atoms with Crippen molar-refractivity contribution in [3.05, 3.63) is 223 Å². The summed E-state index contributed by atoms with van der Waals surface area (Å²) in [5.74, 6) is 1.80. The number of hydrogen-bond donors (Lipinski definition) is 0. The van der Waals surface area contributed by atoms with Gasteiger partial charge in [-0.05, 0) is 115 Å². The maximum Gasteiger partial charge on any atom is 0.164 e. The van der Waals surface area contributed by atoms with Crippen molar-refractivity contribution in [1.29, 1.82) is 0 Å². The zero-order chi connectivity index (χ0) is 42.8.